The zero-order chi connectivity index (χ0) is 13.1. The maximum atomic E-state index is 9.98. The number of rotatable bonds is 6. The molecule has 1 heterocycles. The molecule has 0 aliphatic heterocycles. The number of carbonyl (C=O) groups is 2. The number of hydrogen-bond acceptors (Lipinski definition) is 5. The molecule has 0 unspecified atom stereocenters. The van der Waals surface area contributed by atoms with E-state index in [9.17, 15) is 9.59 Å². The average molecular weight is 242 g/mol. The number of unbranched alkanes of at least 4 members (excludes halogenated alkanes) is 1. The van der Waals surface area contributed by atoms with E-state index >= 15 is 0 Å². The molecule has 0 aliphatic carbocycles. The first-order valence-corrected chi connectivity index (χ1v) is 5.35. The Hall–Kier alpha value is -1.85. The van der Waals surface area contributed by atoms with Gasteiger partial charge in [0.25, 0.3) is 5.88 Å². The summed E-state index contributed by atoms with van der Waals surface area (Å²) in [6, 6.07) is 1.78. The van der Waals surface area contributed by atoms with Crippen molar-refractivity contribution in [2.75, 3.05) is 7.11 Å². The van der Waals surface area contributed by atoms with E-state index in [1.54, 1.807) is 13.2 Å². The van der Waals surface area contributed by atoms with Gasteiger partial charge >= 0.3 is 0 Å². The summed E-state index contributed by atoms with van der Waals surface area (Å²) in [6.07, 6.45) is 2.97. The Bertz CT molecular complexity index is 317. The quantitative estimate of drug-likeness (QED) is 0.595. The molecule has 0 fully saturated rings. The van der Waals surface area contributed by atoms with Crippen LogP contribution in [0.2, 0.25) is 0 Å². The highest BCUT2D eigenvalue weighted by Gasteiger charge is 1.98. The van der Waals surface area contributed by atoms with Gasteiger partial charge in [-0.25, -0.2) is 0 Å². The summed E-state index contributed by atoms with van der Waals surface area (Å²) < 4.78 is 9.62. The van der Waals surface area contributed by atoms with E-state index in [0.717, 1.165) is 18.5 Å². The third-order valence-corrected chi connectivity index (χ3v) is 1.84. The first-order valence-electron chi connectivity index (χ1n) is 5.35. The molecule has 0 aromatic carbocycles. The van der Waals surface area contributed by atoms with E-state index in [2.05, 4.69) is 5.16 Å². The normalized spacial score (nSPS) is 9.06. The van der Waals surface area contributed by atoms with Gasteiger partial charge in [-0.1, -0.05) is 6.92 Å². The predicted octanol–water partition coefficient (Wildman–Crippen LogP) is 1.09. The van der Waals surface area contributed by atoms with Gasteiger partial charge in [-0.3, -0.25) is 4.79 Å². The van der Waals surface area contributed by atoms with Crippen LogP contribution in [0, 0.1) is 0 Å². The monoisotopic (exact) mass is 242 g/mol. The summed E-state index contributed by atoms with van der Waals surface area (Å²) in [5.74, 6) is 1.06. The number of nitrogens with zero attached hydrogens (tertiary/aromatic N) is 1. The lowest BCUT2D eigenvalue weighted by atomic mass is 10.2. The summed E-state index contributed by atoms with van der Waals surface area (Å²) in [5, 5.41) is 3.61. The lowest BCUT2D eigenvalue weighted by Gasteiger charge is -1.86. The Balaban J connectivity index is 0.000000304. The van der Waals surface area contributed by atoms with E-state index in [4.69, 9.17) is 15.0 Å². The van der Waals surface area contributed by atoms with Gasteiger partial charge in [-0.05, 0) is 11.6 Å². The highest BCUT2D eigenvalue weighted by atomic mass is 16.5. The summed E-state index contributed by atoms with van der Waals surface area (Å²) in [5.41, 5.74) is 4.78. The molecular formula is C11H18N2O4. The van der Waals surface area contributed by atoms with Crippen molar-refractivity contribution in [1.29, 1.82) is 0 Å². The van der Waals surface area contributed by atoms with Crippen molar-refractivity contribution in [2.45, 2.75) is 32.6 Å². The van der Waals surface area contributed by atoms with Crippen LogP contribution in [0.15, 0.2) is 10.6 Å². The second-order valence-corrected chi connectivity index (χ2v) is 3.21. The minimum Gasteiger partial charge on any atom is -0.479 e. The van der Waals surface area contributed by atoms with Crippen LogP contribution >= 0.6 is 0 Å². The standard InChI is InChI=1S/C6H9NO2.C5H9NO2/c1-3-5-4-6(8-2)7-9-5;6-5(8)3-1-2-4-7/h4H,3H2,1-2H3;4H,1-3H2,(H2,6,8). The van der Waals surface area contributed by atoms with Crippen molar-refractivity contribution in [3.63, 3.8) is 0 Å². The third kappa shape index (κ3) is 8.01. The second kappa shape index (κ2) is 9.38. The molecule has 2 N–H and O–H groups in total. The topological polar surface area (TPSA) is 95.4 Å². The zero-order valence-corrected chi connectivity index (χ0v) is 10.1. The van der Waals surface area contributed by atoms with E-state index < -0.39 is 0 Å². The van der Waals surface area contributed by atoms with Crippen LogP contribution in [-0.2, 0) is 16.0 Å². The number of nitrogens with two attached hydrogens (primary N) is 1. The number of aryl methyl sites for hydroxylation is 1. The fourth-order valence-corrected chi connectivity index (χ4v) is 0.916. The highest BCUT2D eigenvalue weighted by Crippen LogP contribution is 2.09. The molecule has 0 saturated heterocycles. The van der Waals surface area contributed by atoms with Crippen molar-refractivity contribution in [2.24, 2.45) is 5.73 Å². The molecule has 1 aromatic rings. The number of carbonyl (C=O) groups excluding carboxylic acids is 2. The smallest absolute Gasteiger partial charge is 0.254 e. The number of aromatic nitrogens is 1. The minimum absolute atomic E-state index is 0.318. The van der Waals surface area contributed by atoms with Gasteiger partial charge in [0.05, 0.1) is 7.11 Å². The Labute approximate surface area is 100 Å². The van der Waals surface area contributed by atoms with E-state index in [0.29, 0.717) is 25.1 Å². The summed E-state index contributed by atoms with van der Waals surface area (Å²) >= 11 is 0. The Morgan fingerprint density at radius 3 is 2.71 bits per heavy atom. The summed E-state index contributed by atoms with van der Waals surface area (Å²) in [7, 11) is 1.57. The van der Waals surface area contributed by atoms with Crippen LogP contribution in [0.3, 0.4) is 0 Å². The fourth-order valence-electron chi connectivity index (χ4n) is 0.916. The molecule has 17 heavy (non-hydrogen) atoms. The van der Waals surface area contributed by atoms with Gasteiger partial charge in [-0.15, -0.1) is 0 Å². The summed E-state index contributed by atoms with van der Waals surface area (Å²) in [6.45, 7) is 2.00. The van der Waals surface area contributed by atoms with Gasteiger partial charge in [0.1, 0.15) is 12.0 Å². The molecule has 0 aliphatic rings. The fraction of sp³-hybridized carbons (Fsp3) is 0.545. The largest absolute Gasteiger partial charge is 0.479 e. The van der Waals surface area contributed by atoms with Gasteiger partial charge < -0.3 is 19.8 Å². The van der Waals surface area contributed by atoms with Crippen LogP contribution in [-0.4, -0.2) is 24.5 Å². The van der Waals surface area contributed by atoms with Gasteiger partial charge in [0.2, 0.25) is 5.91 Å². The van der Waals surface area contributed by atoms with Crippen molar-refractivity contribution in [3.8, 4) is 5.88 Å². The van der Waals surface area contributed by atoms with Crippen molar-refractivity contribution in [3.05, 3.63) is 11.8 Å². The third-order valence-electron chi connectivity index (χ3n) is 1.84. The Morgan fingerprint density at radius 1 is 1.65 bits per heavy atom. The molecule has 0 radical (unpaired) electrons. The maximum absolute atomic E-state index is 9.98. The van der Waals surface area contributed by atoms with Crippen molar-refractivity contribution in [1.82, 2.24) is 5.16 Å². The van der Waals surface area contributed by atoms with Crippen molar-refractivity contribution >= 4 is 12.2 Å². The van der Waals surface area contributed by atoms with E-state index in [1.807, 2.05) is 6.92 Å². The number of methoxy groups -OCH3 is 1. The molecule has 1 amide bonds. The number of ether oxygens (including phenoxy) is 1. The minimum atomic E-state index is -0.341. The van der Waals surface area contributed by atoms with Gasteiger partial charge in [0, 0.05) is 25.3 Å². The number of aldehydes is 1. The van der Waals surface area contributed by atoms with Crippen LogP contribution in [0.1, 0.15) is 31.9 Å². The van der Waals surface area contributed by atoms with Crippen molar-refractivity contribution < 1.29 is 18.8 Å². The van der Waals surface area contributed by atoms with Gasteiger partial charge in [-0.2, -0.15) is 0 Å². The highest BCUT2D eigenvalue weighted by molar-refractivity contribution is 5.73. The molecule has 0 bridgehead atoms. The molecule has 6 nitrogen and oxygen atoms in total. The molecule has 96 valence electrons. The predicted molar refractivity (Wildman–Crippen MR) is 61.5 cm³/mol. The molecular weight excluding hydrogens is 224 g/mol. The molecule has 0 saturated carbocycles. The van der Waals surface area contributed by atoms with E-state index in [-0.39, 0.29) is 5.91 Å². The number of hydrogen-bond donors (Lipinski definition) is 1. The lowest BCUT2D eigenvalue weighted by molar-refractivity contribution is -0.118. The molecule has 0 atom stereocenters. The molecule has 0 spiro atoms. The average Bonchev–Trinajstić information content (AvgIpc) is 2.77. The molecule has 1 rings (SSSR count). The second-order valence-electron chi connectivity index (χ2n) is 3.21. The number of amides is 1. The molecule has 1 aromatic heterocycles. The number of primary amides is 1. The maximum Gasteiger partial charge on any atom is 0.254 e. The lowest BCUT2D eigenvalue weighted by Crippen LogP contribution is -2.09. The van der Waals surface area contributed by atoms with Gasteiger partial charge in [0.15, 0.2) is 0 Å². The Kier molecular flexibility index (Phi) is 8.36. The molecule has 6 heteroatoms. The van der Waals surface area contributed by atoms with E-state index in [1.165, 1.54) is 0 Å². The van der Waals surface area contributed by atoms with Crippen LogP contribution in [0.25, 0.3) is 0 Å². The van der Waals surface area contributed by atoms with Crippen LogP contribution < -0.4 is 10.5 Å². The van der Waals surface area contributed by atoms with Crippen LogP contribution in [0.5, 0.6) is 5.88 Å². The first-order chi connectivity index (χ1) is 8.13. The van der Waals surface area contributed by atoms with Crippen LogP contribution in [0.4, 0.5) is 0 Å². The zero-order valence-electron chi connectivity index (χ0n) is 10.1. The first kappa shape index (κ1) is 15.2. The Morgan fingerprint density at radius 2 is 2.35 bits per heavy atom. The summed E-state index contributed by atoms with van der Waals surface area (Å²) in [4.78, 5) is 19.6. The SMILES string of the molecule is CCc1cc(OC)no1.NC(=O)CCCC=O.